The zero-order chi connectivity index (χ0) is 37.0. The Bertz CT molecular complexity index is 2200. The fraction of sp³-hybridized carbons (Fsp3) is 0. The molecular formula is C46H37ClN6O2. The van der Waals surface area contributed by atoms with Gasteiger partial charge in [-0.1, -0.05) is 97.1 Å². The van der Waals surface area contributed by atoms with Crippen LogP contribution in [0.3, 0.4) is 0 Å². The van der Waals surface area contributed by atoms with Crippen LogP contribution in [-0.4, -0.2) is 23.5 Å². The van der Waals surface area contributed by atoms with Gasteiger partial charge in [0.05, 0.1) is 11.4 Å². The molecule has 0 unspecified atom stereocenters. The van der Waals surface area contributed by atoms with Crippen LogP contribution in [0.2, 0.25) is 0 Å². The van der Waals surface area contributed by atoms with Crippen LogP contribution in [0, 0.1) is 0 Å². The Labute approximate surface area is 326 Å². The van der Waals surface area contributed by atoms with Gasteiger partial charge < -0.3 is 21.3 Å². The second-order valence-electron chi connectivity index (χ2n) is 12.2. The van der Waals surface area contributed by atoms with Crippen LogP contribution >= 0.6 is 12.4 Å². The number of carbonyl (C=O) groups excluding carboxylic acids is 2. The third kappa shape index (κ3) is 10.4. The summed E-state index contributed by atoms with van der Waals surface area (Å²) in [5.74, 6) is 0.834. The number of amidine groups is 2. The Kier molecular flexibility index (Phi) is 12.6. The van der Waals surface area contributed by atoms with E-state index in [-0.39, 0.29) is 24.2 Å². The van der Waals surface area contributed by atoms with E-state index in [4.69, 9.17) is 9.98 Å². The van der Waals surface area contributed by atoms with Crippen LogP contribution < -0.4 is 21.3 Å². The monoisotopic (exact) mass is 740 g/mol. The fourth-order valence-electron chi connectivity index (χ4n) is 5.51. The standard InChI is InChI=1S/C46H36N6O2.ClH/c53-45(51-41-29-25-39(26-30-41)49-43(33-13-5-1-6-14-33)47-37-17-9-3-10-18-37)35-21-23-36(24-22-35)46(54)52-42-31-27-40(28-32-42)50-44(34-15-7-2-8-16-34)48-38-19-11-4-12-20-38;/h1-32H,(H,47,49)(H,48,50)(H,51,53)(H,52,54);1H. The Morgan fingerprint density at radius 1 is 0.309 bits per heavy atom. The van der Waals surface area contributed by atoms with Gasteiger partial charge >= 0.3 is 0 Å². The van der Waals surface area contributed by atoms with Crippen molar-refractivity contribution in [1.29, 1.82) is 0 Å². The van der Waals surface area contributed by atoms with Crippen LogP contribution in [0.15, 0.2) is 204 Å². The molecule has 7 aromatic carbocycles. The number of halogens is 1. The number of aliphatic imine (C=N–C) groups is 2. The minimum absolute atomic E-state index is 0. The van der Waals surface area contributed by atoms with Crippen LogP contribution in [-0.2, 0) is 0 Å². The molecule has 0 fully saturated rings. The van der Waals surface area contributed by atoms with Crippen molar-refractivity contribution in [2.75, 3.05) is 21.3 Å². The molecule has 0 saturated heterocycles. The summed E-state index contributed by atoms with van der Waals surface area (Å²) in [6, 6.07) is 60.7. The van der Waals surface area contributed by atoms with Crippen molar-refractivity contribution in [3.8, 4) is 0 Å². The Morgan fingerprint density at radius 3 is 0.927 bits per heavy atom. The highest BCUT2D eigenvalue weighted by Crippen LogP contribution is 2.22. The topological polar surface area (TPSA) is 107 Å². The zero-order valence-electron chi connectivity index (χ0n) is 29.6. The maximum absolute atomic E-state index is 13.1. The fourth-order valence-corrected chi connectivity index (χ4v) is 5.51. The van der Waals surface area contributed by atoms with Gasteiger partial charge in [-0.25, -0.2) is 9.98 Å². The third-order valence-corrected chi connectivity index (χ3v) is 8.31. The molecule has 7 aromatic rings. The molecule has 0 aromatic heterocycles. The number of hydrogen-bond donors (Lipinski definition) is 4. The summed E-state index contributed by atoms with van der Waals surface area (Å²) in [4.78, 5) is 35.8. The van der Waals surface area contributed by atoms with Crippen LogP contribution in [0.1, 0.15) is 31.8 Å². The average molecular weight is 741 g/mol. The lowest BCUT2D eigenvalue weighted by atomic mass is 10.1. The molecule has 0 atom stereocenters. The lowest BCUT2D eigenvalue weighted by Gasteiger charge is -2.11. The van der Waals surface area contributed by atoms with E-state index in [0.717, 1.165) is 33.9 Å². The summed E-state index contributed by atoms with van der Waals surface area (Å²) in [5, 5.41) is 12.7. The molecule has 0 saturated carbocycles. The van der Waals surface area contributed by atoms with Crippen molar-refractivity contribution in [3.05, 3.63) is 216 Å². The van der Waals surface area contributed by atoms with Gasteiger partial charge in [0.25, 0.3) is 11.8 Å². The van der Waals surface area contributed by atoms with E-state index in [1.807, 2.05) is 170 Å². The summed E-state index contributed by atoms with van der Waals surface area (Å²) in [5.41, 5.74) is 7.30. The second-order valence-corrected chi connectivity index (χ2v) is 12.2. The van der Waals surface area contributed by atoms with Gasteiger partial charge in [-0.2, -0.15) is 0 Å². The van der Waals surface area contributed by atoms with Crippen molar-refractivity contribution in [3.63, 3.8) is 0 Å². The molecule has 0 radical (unpaired) electrons. The number of nitrogens with zero attached hydrogens (tertiary/aromatic N) is 2. The van der Waals surface area contributed by atoms with Crippen molar-refractivity contribution >= 4 is 70.0 Å². The minimum Gasteiger partial charge on any atom is -0.340 e. The number of benzene rings is 7. The smallest absolute Gasteiger partial charge is 0.255 e. The maximum atomic E-state index is 13.1. The summed E-state index contributed by atoms with van der Waals surface area (Å²) < 4.78 is 0. The number of nitrogens with one attached hydrogen (secondary N) is 4. The maximum Gasteiger partial charge on any atom is 0.255 e. The average Bonchev–Trinajstić information content (AvgIpc) is 3.23. The highest BCUT2D eigenvalue weighted by Gasteiger charge is 2.11. The summed E-state index contributed by atoms with van der Waals surface area (Å²) in [6.07, 6.45) is 0. The first kappa shape index (κ1) is 37.5. The predicted octanol–water partition coefficient (Wildman–Crippen LogP) is 11.0. The molecule has 0 spiro atoms. The number of anilines is 4. The number of rotatable bonds is 10. The van der Waals surface area contributed by atoms with Gasteiger partial charge in [-0.3, -0.25) is 9.59 Å². The SMILES string of the molecule is Cl.O=C(Nc1ccc(N=C(Nc2ccccc2)c2ccccc2)cc1)c1ccc(C(=O)Nc2ccc(N=C(Nc3ccccc3)c3ccccc3)cc2)cc1. The first-order valence-corrected chi connectivity index (χ1v) is 17.4. The van der Waals surface area contributed by atoms with Gasteiger partial charge in [0.2, 0.25) is 0 Å². The molecule has 2 amide bonds. The number of hydrogen-bond acceptors (Lipinski definition) is 4. The van der Waals surface area contributed by atoms with E-state index in [2.05, 4.69) is 21.3 Å². The number of amides is 2. The van der Waals surface area contributed by atoms with Crippen molar-refractivity contribution in [2.45, 2.75) is 0 Å². The summed E-state index contributed by atoms with van der Waals surface area (Å²) >= 11 is 0. The Balaban J connectivity index is 0.00000514. The third-order valence-electron chi connectivity index (χ3n) is 8.31. The molecule has 0 heterocycles. The van der Waals surface area contributed by atoms with E-state index in [1.165, 1.54) is 0 Å². The van der Waals surface area contributed by atoms with Gasteiger partial charge in [-0.05, 0) is 97.1 Å². The molecule has 270 valence electrons. The molecule has 0 aliphatic carbocycles. The molecule has 8 nitrogen and oxygen atoms in total. The second kappa shape index (κ2) is 18.5. The molecular weight excluding hydrogens is 704 g/mol. The normalized spacial score (nSPS) is 11.1. The minimum atomic E-state index is -0.290. The van der Waals surface area contributed by atoms with Crippen LogP contribution in [0.25, 0.3) is 0 Å². The number of para-hydroxylation sites is 2. The van der Waals surface area contributed by atoms with Crippen molar-refractivity contribution in [2.24, 2.45) is 9.98 Å². The predicted molar refractivity (Wildman–Crippen MR) is 228 cm³/mol. The molecule has 0 aliphatic heterocycles. The lowest BCUT2D eigenvalue weighted by Crippen LogP contribution is -2.14. The highest BCUT2D eigenvalue weighted by molar-refractivity contribution is 6.11. The first-order valence-electron chi connectivity index (χ1n) is 17.4. The Morgan fingerprint density at radius 2 is 0.600 bits per heavy atom. The molecule has 55 heavy (non-hydrogen) atoms. The molecule has 9 heteroatoms. The molecule has 0 bridgehead atoms. The highest BCUT2D eigenvalue weighted by atomic mass is 35.5. The van der Waals surface area contributed by atoms with E-state index in [0.29, 0.717) is 34.2 Å². The van der Waals surface area contributed by atoms with E-state index < -0.39 is 0 Å². The quantitative estimate of drug-likeness (QED) is 0.0827. The zero-order valence-corrected chi connectivity index (χ0v) is 30.4. The van der Waals surface area contributed by atoms with E-state index in [9.17, 15) is 9.59 Å². The summed E-state index contributed by atoms with van der Waals surface area (Å²) in [6.45, 7) is 0. The van der Waals surface area contributed by atoms with Gasteiger partial charge in [0, 0.05) is 45.0 Å². The largest absolute Gasteiger partial charge is 0.340 e. The lowest BCUT2D eigenvalue weighted by molar-refractivity contribution is 0.101. The number of carbonyl (C=O) groups is 2. The van der Waals surface area contributed by atoms with Gasteiger partial charge in [-0.15, -0.1) is 12.4 Å². The van der Waals surface area contributed by atoms with Gasteiger partial charge in [0.15, 0.2) is 0 Å². The van der Waals surface area contributed by atoms with E-state index in [1.54, 1.807) is 24.3 Å². The summed E-state index contributed by atoms with van der Waals surface area (Å²) in [7, 11) is 0. The molecule has 0 aliphatic rings. The molecule has 7 rings (SSSR count). The van der Waals surface area contributed by atoms with Crippen LogP contribution in [0.5, 0.6) is 0 Å². The van der Waals surface area contributed by atoms with E-state index >= 15 is 0 Å². The Hall–Kier alpha value is -7.29. The first-order chi connectivity index (χ1) is 26.6. The van der Waals surface area contributed by atoms with Crippen molar-refractivity contribution in [1.82, 2.24) is 0 Å². The van der Waals surface area contributed by atoms with Crippen molar-refractivity contribution < 1.29 is 9.59 Å². The van der Waals surface area contributed by atoms with Gasteiger partial charge in [0.1, 0.15) is 11.7 Å². The van der Waals surface area contributed by atoms with Crippen LogP contribution in [0.4, 0.5) is 34.1 Å². The molecule has 4 N–H and O–H groups in total.